The molecule has 2 amide bonds. The lowest BCUT2D eigenvalue weighted by Crippen LogP contribution is -2.59. The molecule has 1 aliphatic rings. The number of carbonyl (C=O) groups excluding carboxylic acids is 2. The monoisotopic (exact) mass is 296 g/mol. The number of hydrogen-bond donors (Lipinski definition) is 1. The summed E-state index contributed by atoms with van der Waals surface area (Å²) in [6.07, 6.45) is -3.92. The maximum absolute atomic E-state index is 11.9. The topological polar surface area (TPSA) is 58.6 Å². The van der Waals surface area contributed by atoms with Gasteiger partial charge in [0.1, 0.15) is 12.6 Å². The van der Waals surface area contributed by atoms with Crippen LogP contribution in [0.2, 0.25) is 0 Å². The van der Waals surface area contributed by atoms with Gasteiger partial charge in [-0.3, -0.25) is 9.59 Å². The molecule has 1 unspecified atom stereocenters. The van der Waals surface area contributed by atoms with Gasteiger partial charge in [0.2, 0.25) is 11.8 Å². The molecule has 5 nitrogen and oxygen atoms in total. The summed E-state index contributed by atoms with van der Waals surface area (Å²) in [7, 11) is 0. The third-order valence-electron chi connectivity index (χ3n) is 2.85. The first-order valence-corrected chi connectivity index (χ1v) is 6.42. The van der Waals surface area contributed by atoms with E-state index >= 15 is 0 Å². The standard InChI is InChI=1S/C12H19F3N2O3/c1-8(2)5-9-11(19)16-6-10(18)17(9)3-4-20-7-12(13,14)15/h8-9H,3-7H2,1-2H3,(H,16,19). The van der Waals surface area contributed by atoms with E-state index in [2.05, 4.69) is 10.1 Å². The highest BCUT2D eigenvalue weighted by Crippen LogP contribution is 2.16. The van der Waals surface area contributed by atoms with Crippen LogP contribution in [0.25, 0.3) is 0 Å². The van der Waals surface area contributed by atoms with Gasteiger partial charge in [-0.2, -0.15) is 13.2 Å². The molecular weight excluding hydrogens is 277 g/mol. The number of hydrogen-bond acceptors (Lipinski definition) is 3. The maximum Gasteiger partial charge on any atom is 0.411 e. The van der Waals surface area contributed by atoms with Gasteiger partial charge in [-0.25, -0.2) is 0 Å². The molecule has 0 radical (unpaired) electrons. The van der Waals surface area contributed by atoms with E-state index in [0.29, 0.717) is 6.42 Å². The number of rotatable bonds is 6. The summed E-state index contributed by atoms with van der Waals surface area (Å²) in [5.74, 6) is -0.379. The van der Waals surface area contributed by atoms with Crippen molar-refractivity contribution in [1.82, 2.24) is 10.2 Å². The molecule has 1 fully saturated rings. The molecule has 0 aliphatic carbocycles. The zero-order chi connectivity index (χ0) is 15.3. The smallest absolute Gasteiger partial charge is 0.370 e. The van der Waals surface area contributed by atoms with Crippen LogP contribution < -0.4 is 5.32 Å². The number of nitrogens with zero attached hydrogens (tertiary/aromatic N) is 1. The van der Waals surface area contributed by atoms with Gasteiger partial charge in [0.05, 0.1) is 13.2 Å². The largest absolute Gasteiger partial charge is 0.411 e. The van der Waals surface area contributed by atoms with Crippen molar-refractivity contribution in [3.05, 3.63) is 0 Å². The Balaban J connectivity index is 2.53. The van der Waals surface area contributed by atoms with Crippen molar-refractivity contribution in [2.45, 2.75) is 32.5 Å². The zero-order valence-corrected chi connectivity index (χ0v) is 11.5. The second-order valence-corrected chi connectivity index (χ2v) is 5.12. The fourth-order valence-electron chi connectivity index (χ4n) is 2.01. The molecule has 0 saturated carbocycles. The molecule has 0 aromatic rings. The van der Waals surface area contributed by atoms with Crippen molar-refractivity contribution in [2.75, 3.05) is 26.3 Å². The second-order valence-electron chi connectivity index (χ2n) is 5.12. The van der Waals surface area contributed by atoms with Crippen molar-refractivity contribution in [3.63, 3.8) is 0 Å². The van der Waals surface area contributed by atoms with Gasteiger partial charge >= 0.3 is 6.18 Å². The van der Waals surface area contributed by atoms with Gasteiger partial charge in [0.25, 0.3) is 0 Å². The van der Waals surface area contributed by atoms with Crippen LogP contribution in [-0.4, -0.2) is 55.2 Å². The number of carbonyl (C=O) groups is 2. The van der Waals surface area contributed by atoms with Crippen molar-refractivity contribution in [2.24, 2.45) is 5.92 Å². The minimum atomic E-state index is -4.39. The molecule has 0 aromatic heterocycles. The van der Waals surface area contributed by atoms with Crippen LogP contribution in [-0.2, 0) is 14.3 Å². The number of amides is 2. The van der Waals surface area contributed by atoms with Gasteiger partial charge in [0.15, 0.2) is 0 Å². The molecule has 20 heavy (non-hydrogen) atoms. The maximum atomic E-state index is 11.9. The summed E-state index contributed by atoms with van der Waals surface area (Å²) in [4.78, 5) is 24.8. The highest BCUT2D eigenvalue weighted by Gasteiger charge is 2.34. The Bertz CT molecular complexity index is 358. The Morgan fingerprint density at radius 3 is 2.60 bits per heavy atom. The summed E-state index contributed by atoms with van der Waals surface area (Å²) in [6, 6.07) is -0.634. The van der Waals surface area contributed by atoms with Crippen molar-refractivity contribution >= 4 is 11.8 Å². The Morgan fingerprint density at radius 2 is 2.05 bits per heavy atom. The van der Waals surface area contributed by atoms with Gasteiger partial charge in [-0.15, -0.1) is 0 Å². The first kappa shape index (κ1) is 16.7. The summed E-state index contributed by atoms with van der Waals surface area (Å²) in [5.41, 5.74) is 0. The molecule has 1 atom stereocenters. The van der Waals surface area contributed by atoms with Gasteiger partial charge in [-0.1, -0.05) is 13.8 Å². The Kier molecular flexibility index (Phi) is 5.79. The molecule has 116 valence electrons. The molecule has 0 aromatic carbocycles. The van der Waals surface area contributed by atoms with E-state index in [-0.39, 0.29) is 37.4 Å². The average molecular weight is 296 g/mol. The van der Waals surface area contributed by atoms with Crippen LogP contribution in [0, 0.1) is 5.92 Å². The van der Waals surface area contributed by atoms with Crippen LogP contribution in [0.3, 0.4) is 0 Å². The van der Waals surface area contributed by atoms with E-state index in [4.69, 9.17) is 0 Å². The third-order valence-corrected chi connectivity index (χ3v) is 2.85. The first-order chi connectivity index (χ1) is 9.20. The molecular formula is C12H19F3N2O3. The molecule has 1 N–H and O–H groups in total. The van der Waals surface area contributed by atoms with E-state index in [9.17, 15) is 22.8 Å². The van der Waals surface area contributed by atoms with Crippen LogP contribution in [0.5, 0.6) is 0 Å². The minimum Gasteiger partial charge on any atom is -0.370 e. The van der Waals surface area contributed by atoms with E-state index in [0.717, 1.165) is 0 Å². The van der Waals surface area contributed by atoms with E-state index in [1.165, 1.54) is 4.90 Å². The normalized spacial score (nSPS) is 20.5. The van der Waals surface area contributed by atoms with E-state index < -0.39 is 18.8 Å². The van der Waals surface area contributed by atoms with Crippen molar-refractivity contribution in [3.8, 4) is 0 Å². The molecule has 1 rings (SSSR count). The molecule has 1 saturated heterocycles. The Morgan fingerprint density at radius 1 is 1.40 bits per heavy atom. The minimum absolute atomic E-state index is 0.0142. The lowest BCUT2D eigenvalue weighted by molar-refractivity contribution is -0.176. The summed E-state index contributed by atoms with van der Waals surface area (Å²) in [6.45, 7) is 2.09. The summed E-state index contributed by atoms with van der Waals surface area (Å²) in [5, 5.41) is 2.48. The molecule has 1 heterocycles. The van der Waals surface area contributed by atoms with Crippen molar-refractivity contribution < 1.29 is 27.5 Å². The SMILES string of the molecule is CC(C)CC1C(=O)NCC(=O)N1CCOCC(F)(F)F. The number of halogens is 3. The molecule has 0 spiro atoms. The van der Waals surface area contributed by atoms with Crippen molar-refractivity contribution in [1.29, 1.82) is 0 Å². The summed E-state index contributed by atoms with van der Waals surface area (Å²) < 4.78 is 40.3. The van der Waals surface area contributed by atoms with E-state index in [1.54, 1.807) is 0 Å². The van der Waals surface area contributed by atoms with Gasteiger partial charge < -0.3 is 15.0 Å². The fraction of sp³-hybridized carbons (Fsp3) is 0.833. The number of alkyl halides is 3. The Labute approximate surface area is 115 Å². The quantitative estimate of drug-likeness (QED) is 0.742. The highest BCUT2D eigenvalue weighted by atomic mass is 19.4. The number of piperazine rings is 1. The third kappa shape index (κ3) is 5.36. The van der Waals surface area contributed by atoms with Crippen LogP contribution >= 0.6 is 0 Å². The average Bonchev–Trinajstić information content (AvgIpc) is 2.30. The van der Waals surface area contributed by atoms with Gasteiger partial charge in [0, 0.05) is 6.54 Å². The molecule has 0 bridgehead atoms. The van der Waals surface area contributed by atoms with Crippen LogP contribution in [0.4, 0.5) is 13.2 Å². The zero-order valence-electron chi connectivity index (χ0n) is 11.5. The van der Waals surface area contributed by atoms with E-state index in [1.807, 2.05) is 13.8 Å². The fourth-order valence-corrected chi connectivity index (χ4v) is 2.01. The molecule has 1 aliphatic heterocycles. The Hall–Kier alpha value is -1.31. The second kappa shape index (κ2) is 6.92. The number of ether oxygens (including phenoxy) is 1. The predicted molar refractivity (Wildman–Crippen MR) is 64.8 cm³/mol. The highest BCUT2D eigenvalue weighted by molar-refractivity contribution is 5.94. The lowest BCUT2D eigenvalue weighted by Gasteiger charge is -2.35. The number of nitrogens with one attached hydrogen (secondary N) is 1. The van der Waals surface area contributed by atoms with Crippen LogP contribution in [0.15, 0.2) is 0 Å². The van der Waals surface area contributed by atoms with Gasteiger partial charge in [-0.05, 0) is 12.3 Å². The van der Waals surface area contributed by atoms with Crippen LogP contribution in [0.1, 0.15) is 20.3 Å². The summed E-state index contributed by atoms with van der Waals surface area (Å²) >= 11 is 0. The first-order valence-electron chi connectivity index (χ1n) is 6.42. The predicted octanol–water partition coefficient (Wildman–Crippen LogP) is 0.938. The lowest BCUT2D eigenvalue weighted by atomic mass is 10.00. The molecule has 8 heteroatoms.